The molecular weight excluding hydrogens is 675 g/mol. The lowest BCUT2D eigenvalue weighted by Gasteiger charge is -2.16. The third-order valence-corrected chi connectivity index (χ3v) is 10.4. The maximum absolute atomic E-state index is 6.32. The van der Waals surface area contributed by atoms with Crippen LogP contribution in [0.25, 0.3) is 111 Å². The van der Waals surface area contributed by atoms with Crippen molar-refractivity contribution in [3.05, 3.63) is 176 Å². The van der Waals surface area contributed by atoms with Crippen LogP contribution in [0.2, 0.25) is 0 Å². The number of fused-ring (bicyclic) bond motifs is 8. The highest BCUT2D eigenvalue weighted by molar-refractivity contribution is 6.24. The van der Waals surface area contributed by atoms with Crippen molar-refractivity contribution in [1.82, 2.24) is 24.9 Å². The molecule has 0 aliphatic heterocycles. The van der Waals surface area contributed by atoms with Crippen molar-refractivity contribution in [2.45, 2.75) is 0 Å². The first-order valence-corrected chi connectivity index (χ1v) is 18.2. The molecule has 0 atom stereocenters. The first-order chi connectivity index (χ1) is 27.2. The molecular formula is C49H29N5O. The van der Waals surface area contributed by atoms with Gasteiger partial charge in [-0.05, 0) is 109 Å². The predicted octanol–water partition coefficient (Wildman–Crippen LogP) is 12.4. The van der Waals surface area contributed by atoms with E-state index < -0.39 is 0 Å². The van der Waals surface area contributed by atoms with Gasteiger partial charge in [0.05, 0.1) is 0 Å². The van der Waals surface area contributed by atoms with Crippen LogP contribution in [0.3, 0.4) is 0 Å². The second kappa shape index (κ2) is 12.5. The van der Waals surface area contributed by atoms with E-state index in [1.54, 1.807) is 12.4 Å². The van der Waals surface area contributed by atoms with Gasteiger partial charge >= 0.3 is 0 Å². The van der Waals surface area contributed by atoms with Crippen LogP contribution >= 0.6 is 0 Å². The highest BCUT2D eigenvalue weighted by Crippen LogP contribution is 2.43. The van der Waals surface area contributed by atoms with Crippen molar-refractivity contribution in [2.75, 3.05) is 0 Å². The van der Waals surface area contributed by atoms with Gasteiger partial charge in [0.1, 0.15) is 22.6 Å². The quantitative estimate of drug-likeness (QED) is 0.166. The molecule has 0 radical (unpaired) electrons. The van der Waals surface area contributed by atoms with Gasteiger partial charge in [-0.15, -0.1) is 0 Å². The molecule has 7 aromatic carbocycles. The molecule has 11 aromatic rings. The number of hydrogen-bond donors (Lipinski definition) is 0. The van der Waals surface area contributed by atoms with Crippen molar-refractivity contribution in [3.8, 4) is 56.7 Å². The molecule has 0 amide bonds. The maximum atomic E-state index is 6.32. The lowest BCUT2D eigenvalue weighted by molar-refractivity contribution is 0.669. The van der Waals surface area contributed by atoms with Crippen LogP contribution in [0, 0.1) is 0 Å². The average Bonchev–Trinajstić information content (AvgIpc) is 3.64. The molecule has 4 heterocycles. The summed E-state index contributed by atoms with van der Waals surface area (Å²) in [7, 11) is 0. The molecule has 0 unspecified atom stereocenters. The Morgan fingerprint density at radius 3 is 1.38 bits per heavy atom. The van der Waals surface area contributed by atoms with Crippen LogP contribution in [0.4, 0.5) is 0 Å². The first kappa shape index (κ1) is 31.0. The van der Waals surface area contributed by atoms with Crippen molar-refractivity contribution >= 4 is 54.3 Å². The van der Waals surface area contributed by atoms with E-state index in [4.69, 9.17) is 19.4 Å². The van der Waals surface area contributed by atoms with Crippen molar-refractivity contribution in [3.63, 3.8) is 0 Å². The van der Waals surface area contributed by atoms with Crippen LogP contribution in [-0.2, 0) is 0 Å². The molecule has 0 aliphatic carbocycles. The molecule has 0 saturated heterocycles. The summed E-state index contributed by atoms with van der Waals surface area (Å²) in [4.78, 5) is 23.5. The zero-order valence-electron chi connectivity index (χ0n) is 29.4. The number of nitrogens with zero attached hydrogens (tertiary/aromatic N) is 5. The van der Waals surface area contributed by atoms with Crippen LogP contribution in [-0.4, -0.2) is 24.9 Å². The standard InChI is InChI=1S/C49H29N5O/c1-3-13-35-33(11-1)39(30-19-21-31(22-20-30)47-52-48(43-16-7-9-25-50-43)54-49(53-47)44-17-8-10-26-51-44)28-41-36-14-4-2-12-34(36)40(29-42(35)41)32-23-24-38-37-15-5-6-18-45(37)55-46(38)27-32/h1-29H. The minimum absolute atomic E-state index is 0.500. The van der Waals surface area contributed by atoms with E-state index >= 15 is 0 Å². The Kier molecular flexibility index (Phi) is 7.07. The van der Waals surface area contributed by atoms with E-state index in [1.807, 2.05) is 48.5 Å². The minimum atomic E-state index is 0.500. The van der Waals surface area contributed by atoms with Gasteiger partial charge in [0.15, 0.2) is 17.5 Å². The second-order valence-corrected chi connectivity index (χ2v) is 13.7. The summed E-state index contributed by atoms with van der Waals surface area (Å²) in [5.74, 6) is 1.56. The highest BCUT2D eigenvalue weighted by Gasteiger charge is 2.17. The van der Waals surface area contributed by atoms with Gasteiger partial charge in [-0.2, -0.15) is 0 Å². The molecule has 55 heavy (non-hydrogen) atoms. The molecule has 0 fully saturated rings. The van der Waals surface area contributed by atoms with Crippen LogP contribution in [0.5, 0.6) is 0 Å². The molecule has 11 rings (SSSR count). The van der Waals surface area contributed by atoms with Gasteiger partial charge in [-0.3, -0.25) is 9.97 Å². The van der Waals surface area contributed by atoms with Crippen LogP contribution in [0.1, 0.15) is 0 Å². The zero-order chi connectivity index (χ0) is 36.3. The first-order valence-electron chi connectivity index (χ1n) is 18.2. The lowest BCUT2D eigenvalue weighted by Crippen LogP contribution is -2.01. The van der Waals surface area contributed by atoms with Crippen molar-refractivity contribution in [1.29, 1.82) is 0 Å². The minimum Gasteiger partial charge on any atom is -0.456 e. The highest BCUT2D eigenvalue weighted by atomic mass is 16.3. The fraction of sp³-hybridized carbons (Fsp3) is 0. The van der Waals surface area contributed by atoms with Crippen molar-refractivity contribution in [2.24, 2.45) is 0 Å². The molecule has 6 heteroatoms. The van der Waals surface area contributed by atoms with Crippen molar-refractivity contribution < 1.29 is 4.42 Å². The van der Waals surface area contributed by atoms with E-state index in [1.165, 1.54) is 37.9 Å². The summed E-state index contributed by atoms with van der Waals surface area (Å²) in [5, 5.41) is 9.48. The van der Waals surface area contributed by atoms with E-state index in [2.05, 4.69) is 125 Å². The summed E-state index contributed by atoms with van der Waals surface area (Å²) in [6.45, 7) is 0. The SMILES string of the molecule is c1ccc(-c2nc(-c3ccc(-c4cc5c6ccccc6c(-c6ccc7c(c6)oc6ccccc67)cc5c5ccccc45)cc3)nc(-c3ccccn3)n2)nc1. The molecule has 0 bridgehead atoms. The van der Waals surface area contributed by atoms with E-state index in [0.29, 0.717) is 28.9 Å². The third-order valence-electron chi connectivity index (χ3n) is 10.4. The number of aromatic nitrogens is 5. The summed E-state index contributed by atoms with van der Waals surface area (Å²) < 4.78 is 6.32. The zero-order valence-corrected chi connectivity index (χ0v) is 29.4. The Balaban J connectivity index is 1.06. The summed E-state index contributed by atoms with van der Waals surface area (Å²) in [6, 6.07) is 56.9. The number of rotatable bonds is 5. The molecule has 6 nitrogen and oxygen atoms in total. The Morgan fingerprint density at radius 1 is 0.309 bits per heavy atom. The van der Waals surface area contributed by atoms with E-state index in [0.717, 1.165) is 44.2 Å². The number of hydrogen-bond acceptors (Lipinski definition) is 6. The average molecular weight is 704 g/mol. The number of furan rings is 1. The summed E-state index contributed by atoms with van der Waals surface area (Å²) >= 11 is 0. The number of para-hydroxylation sites is 1. The Bertz CT molecular complexity index is 3190. The molecule has 0 spiro atoms. The van der Waals surface area contributed by atoms with E-state index in [-0.39, 0.29) is 0 Å². The van der Waals surface area contributed by atoms with Gasteiger partial charge in [0.2, 0.25) is 0 Å². The number of benzene rings is 7. The van der Waals surface area contributed by atoms with Gasteiger partial charge in [0.25, 0.3) is 0 Å². The third kappa shape index (κ3) is 5.23. The fourth-order valence-corrected chi connectivity index (χ4v) is 7.85. The molecule has 0 aliphatic rings. The topological polar surface area (TPSA) is 77.6 Å². The van der Waals surface area contributed by atoms with Gasteiger partial charge < -0.3 is 4.42 Å². The smallest absolute Gasteiger partial charge is 0.182 e. The Labute approximate surface area is 315 Å². The van der Waals surface area contributed by atoms with Gasteiger partial charge in [0, 0.05) is 28.7 Å². The molecule has 0 saturated carbocycles. The summed E-state index contributed by atoms with van der Waals surface area (Å²) in [5.41, 5.74) is 8.60. The second-order valence-electron chi connectivity index (χ2n) is 13.7. The van der Waals surface area contributed by atoms with Crippen LogP contribution < -0.4 is 0 Å². The monoisotopic (exact) mass is 703 g/mol. The van der Waals surface area contributed by atoms with Crippen LogP contribution in [0.15, 0.2) is 181 Å². The number of pyridine rings is 2. The summed E-state index contributed by atoms with van der Waals surface area (Å²) in [6.07, 6.45) is 3.49. The molecule has 256 valence electrons. The Morgan fingerprint density at radius 2 is 0.782 bits per heavy atom. The molecule has 0 N–H and O–H groups in total. The normalized spacial score (nSPS) is 11.6. The molecule has 4 aromatic heterocycles. The fourth-order valence-electron chi connectivity index (χ4n) is 7.85. The largest absolute Gasteiger partial charge is 0.456 e. The van der Waals surface area contributed by atoms with E-state index in [9.17, 15) is 0 Å². The predicted molar refractivity (Wildman–Crippen MR) is 222 cm³/mol. The van der Waals surface area contributed by atoms with Gasteiger partial charge in [-0.1, -0.05) is 109 Å². The maximum Gasteiger partial charge on any atom is 0.182 e. The lowest BCUT2D eigenvalue weighted by atomic mass is 9.87. The Hall–Kier alpha value is -7.57. The van der Waals surface area contributed by atoms with Gasteiger partial charge in [-0.25, -0.2) is 15.0 Å².